The van der Waals surface area contributed by atoms with E-state index in [-0.39, 0.29) is 45.2 Å². The van der Waals surface area contributed by atoms with Crippen LogP contribution in [0.2, 0.25) is 5.02 Å². The summed E-state index contributed by atoms with van der Waals surface area (Å²) in [6.45, 7) is 0.363. The monoisotopic (exact) mass is 452 g/mol. The molecule has 11 heteroatoms. The van der Waals surface area contributed by atoms with Crippen molar-refractivity contribution in [1.29, 1.82) is 0 Å². The van der Waals surface area contributed by atoms with Crippen molar-refractivity contribution in [3.63, 3.8) is 0 Å². The Morgan fingerprint density at radius 2 is 2.14 bits per heavy atom. The Bertz CT molecular complexity index is 1180. The van der Waals surface area contributed by atoms with Crippen molar-refractivity contribution in [1.82, 2.24) is 13.6 Å². The van der Waals surface area contributed by atoms with Crippen LogP contribution >= 0.6 is 23.3 Å². The van der Waals surface area contributed by atoms with Gasteiger partial charge in [-0.05, 0) is 43.2 Å². The Balaban J connectivity index is 1.73. The molecule has 29 heavy (non-hydrogen) atoms. The summed E-state index contributed by atoms with van der Waals surface area (Å²) in [6.07, 6.45) is 1.49. The highest BCUT2D eigenvalue weighted by Gasteiger charge is 2.31. The number of nitrogens with one attached hydrogen (secondary N) is 1. The third kappa shape index (κ3) is 3.80. The molecule has 0 saturated carbocycles. The Hall–Kier alpha value is -2.27. The van der Waals surface area contributed by atoms with E-state index >= 15 is 0 Å². The molecule has 0 aliphatic carbocycles. The first-order valence-electron chi connectivity index (χ1n) is 8.86. The minimum Gasteiger partial charge on any atom is -0.394 e. The number of amides is 1. The number of rotatable bonds is 5. The molecule has 2 aromatic carbocycles. The van der Waals surface area contributed by atoms with Gasteiger partial charge in [0, 0.05) is 11.6 Å². The predicted octanol–water partition coefficient (Wildman–Crippen LogP) is 2.74. The zero-order valence-corrected chi connectivity index (χ0v) is 17.5. The maximum atomic E-state index is 13.1. The number of sulfonamides is 1. The molecule has 1 atom stereocenters. The van der Waals surface area contributed by atoms with Gasteiger partial charge in [-0.15, -0.1) is 0 Å². The average Bonchev–Trinajstić information content (AvgIpc) is 3.36. The van der Waals surface area contributed by atoms with Crippen molar-refractivity contribution in [2.24, 2.45) is 0 Å². The third-order valence-corrected chi connectivity index (χ3v) is 7.02. The fourth-order valence-corrected chi connectivity index (χ4v) is 5.44. The van der Waals surface area contributed by atoms with Crippen LogP contribution in [0.15, 0.2) is 41.3 Å². The van der Waals surface area contributed by atoms with E-state index in [4.69, 9.17) is 11.6 Å². The number of benzene rings is 2. The van der Waals surface area contributed by atoms with Crippen molar-refractivity contribution in [3.8, 4) is 0 Å². The fraction of sp³-hybridized carbons (Fsp3) is 0.278. The Morgan fingerprint density at radius 1 is 1.31 bits per heavy atom. The van der Waals surface area contributed by atoms with E-state index in [1.54, 1.807) is 17.0 Å². The largest absolute Gasteiger partial charge is 0.394 e. The number of hydrogen-bond donors (Lipinski definition) is 2. The summed E-state index contributed by atoms with van der Waals surface area (Å²) < 4.78 is 36.7. The van der Waals surface area contributed by atoms with Crippen molar-refractivity contribution in [2.75, 3.05) is 17.9 Å². The van der Waals surface area contributed by atoms with Gasteiger partial charge in [-0.3, -0.25) is 9.52 Å². The van der Waals surface area contributed by atoms with Crippen LogP contribution in [-0.2, 0) is 10.0 Å². The lowest BCUT2D eigenvalue weighted by molar-refractivity contribution is 0.0678. The van der Waals surface area contributed by atoms with E-state index in [1.807, 2.05) is 0 Å². The summed E-state index contributed by atoms with van der Waals surface area (Å²) in [4.78, 5) is 14.6. The van der Waals surface area contributed by atoms with E-state index in [0.29, 0.717) is 18.5 Å². The minimum atomic E-state index is -4.05. The quantitative estimate of drug-likeness (QED) is 0.615. The zero-order chi connectivity index (χ0) is 20.6. The van der Waals surface area contributed by atoms with Crippen LogP contribution < -0.4 is 4.72 Å². The molecule has 2 N–H and O–H groups in total. The smallest absolute Gasteiger partial charge is 0.264 e. The molecule has 2 heterocycles. The van der Waals surface area contributed by atoms with Crippen LogP contribution in [0.5, 0.6) is 0 Å². The zero-order valence-electron chi connectivity index (χ0n) is 15.1. The molecule has 152 valence electrons. The topological polar surface area (TPSA) is 112 Å². The second kappa shape index (κ2) is 7.86. The van der Waals surface area contributed by atoms with Gasteiger partial charge in [0.15, 0.2) is 0 Å². The Labute approximate surface area is 176 Å². The molecule has 4 rings (SSSR count). The van der Waals surface area contributed by atoms with Crippen molar-refractivity contribution in [3.05, 3.63) is 47.0 Å². The number of carbonyl (C=O) groups excluding carboxylic acids is 1. The lowest BCUT2D eigenvalue weighted by Gasteiger charge is -2.24. The van der Waals surface area contributed by atoms with Crippen LogP contribution in [0.1, 0.15) is 23.2 Å². The molecule has 3 aromatic rings. The highest BCUT2D eigenvalue weighted by atomic mass is 35.5. The first-order valence-corrected chi connectivity index (χ1v) is 11.5. The number of fused-ring (bicyclic) bond motifs is 1. The minimum absolute atomic E-state index is 0.0310. The van der Waals surface area contributed by atoms with Crippen molar-refractivity contribution < 1.29 is 18.3 Å². The molecule has 1 aliphatic rings. The van der Waals surface area contributed by atoms with Crippen LogP contribution in [0.25, 0.3) is 11.0 Å². The number of halogens is 1. The second-order valence-corrected chi connectivity index (χ2v) is 9.28. The van der Waals surface area contributed by atoms with Crippen LogP contribution in [0, 0.1) is 0 Å². The maximum Gasteiger partial charge on any atom is 0.264 e. The molecule has 1 saturated heterocycles. The molecule has 0 radical (unpaired) electrons. The molecule has 1 fully saturated rings. The highest BCUT2D eigenvalue weighted by molar-refractivity contribution is 7.93. The molecule has 8 nitrogen and oxygen atoms in total. The van der Waals surface area contributed by atoms with Gasteiger partial charge in [0.1, 0.15) is 15.9 Å². The summed E-state index contributed by atoms with van der Waals surface area (Å²) in [6, 6.07) is 8.82. The number of carbonyl (C=O) groups is 1. The van der Waals surface area contributed by atoms with Gasteiger partial charge < -0.3 is 10.0 Å². The summed E-state index contributed by atoms with van der Waals surface area (Å²) in [5.74, 6) is -0.357. The molecular formula is C18H17ClN4O4S2. The molecule has 0 spiro atoms. The van der Waals surface area contributed by atoms with Gasteiger partial charge in [0.2, 0.25) is 0 Å². The number of aliphatic hydroxyl groups is 1. The number of anilines is 1. The predicted molar refractivity (Wildman–Crippen MR) is 111 cm³/mol. The third-order valence-electron chi connectivity index (χ3n) is 4.84. The normalized spacial score (nSPS) is 17.0. The van der Waals surface area contributed by atoms with Crippen LogP contribution in [-0.4, -0.2) is 52.3 Å². The molecular weight excluding hydrogens is 436 g/mol. The van der Waals surface area contributed by atoms with Crippen LogP contribution in [0.4, 0.5) is 5.69 Å². The molecule has 0 bridgehead atoms. The maximum absolute atomic E-state index is 13.1. The number of nitrogens with zero attached hydrogens (tertiary/aromatic N) is 3. The van der Waals surface area contributed by atoms with E-state index in [0.717, 1.165) is 18.1 Å². The lowest BCUT2D eigenvalue weighted by Crippen LogP contribution is -2.38. The Kier molecular flexibility index (Phi) is 5.43. The van der Waals surface area contributed by atoms with Gasteiger partial charge >= 0.3 is 0 Å². The van der Waals surface area contributed by atoms with Gasteiger partial charge in [0.25, 0.3) is 15.9 Å². The summed E-state index contributed by atoms with van der Waals surface area (Å²) in [5.41, 5.74) is 0.982. The number of likely N-dealkylation sites (tertiary alicyclic amines) is 1. The summed E-state index contributed by atoms with van der Waals surface area (Å²) in [5, 5.41) is 9.81. The van der Waals surface area contributed by atoms with E-state index < -0.39 is 10.0 Å². The average molecular weight is 453 g/mol. The fourth-order valence-electron chi connectivity index (χ4n) is 3.43. The van der Waals surface area contributed by atoms with Crippen molar-refractivity contribution >= 4 is 56.0 Å². The van der Waals surface area contributed by atoms with Gasteiger partial charge in [-0.1, -0.05) is 17.7 Å². The van der Waals surface area contributed by atoms with Gasteiger partial charge in [0.05, 0.1) is 35.6 Å². The van der Waals surface area contributed by atoms with Crippen LogP contribution in [0.3, 0.4) is 0 Å². The SMILES string of the molecule is O=C(c1ccc(Cl)cc1NS(=O)(=O)c1cccc2nsnc12)N1CCCC1CO. The van der Waals surface area contributed by atoms with E-state index in [9.17, 15) is 18.3 Å². The molecule has 1 unspecified atom stereocenters. The van der Waals surface area contributed by atoms with Gasteiger partial charge in [-0.25, -0.2) is 8.42 Å². The summed E-state index contributed by atoms with van der Waals surface area (Å²) >= 11 is 6.99. The standard InChI is InChI=1S/C18H17ClN4O4S2/c19-11-6-7-13(18(25)23-8-2-3-12(23)10-24)15(9-11)22-29(26,27)16-5-1-4-14-17(16)21-28-20-14/h1,4-7,9,12,22,24H,2-3,8,10H2. The first-order chi connectivity index (χ1) is 13.9. The van der Waals surface area contributed by atoms with E-state index in [1.165, 1.54) is 24.3 Å². The molecule has 1 aromatic heterocycles. The molecule has 1 amide bonds. The second-order valence-electron chi connectivity index (χ2n) is 6.66. The van der Waals surface area contributed by atoms with Gasteiger partial charge in [-0.2, -0.15) is 8.75 Å². The number of aromatic nitrogens is 2. The number of hydrogen-bond acceptors (Lipinski definition) is 7. The lowest BCUT2D eigenvalue weighted by atomic mass is 10.1. The summed E-state index contributed by atoms with van der Waals surface area (Å²) in [7, 11) is -4.05. The van der Waals surface area contributed by atoms with Crippen molar-refractivity contribution in [2.45, 2.75) is 23.8 Å². The Morgan fingerprint density at radius 3 is 2.93 bits per heavy atom. The number of aliphatic hydroxyl groups excluding tert-OH is 1. The molecule has 1 aliphatic heterocycles. The first kappa shape index (κ1) is 20.0. The van der Waals surface area contributed by atoms with E-state index in [2.05, 4.69) is 13.5 Å². The highest BCUT2D eigenvalue weighted by Crippen LogP contribution is 2.29.